The van der Waals surface area contributed by atoms with Gasteiger partial charge in [-0.1, -0.05) is 29.8 Å². The summed E-state index contributed by atoms with van der Waals surface area (Å²) >= 11 is 6.08. The average Bonchev–Trinajstić information content (AvgIpc) is 2.40. The van der Waals surface area contributed by atoms with Gasteiger partial charge in [0.1, 0.15) is 0 Å². The molecule has 2 rings (SSSR count). The molecule has 5 heteroatoms. The second-order valence-electron chi connectivity index (χ2n) is 4.08. The van der Waals surface area contributed by atoms with Crippen molar-refractivity contribution in [1.82, 2.24) is 10.3 Å². The van der Waals surface area contributed by atoms with Crippen molar-refractivity contribution in [2.45, 2.75) is 13.0 Å². The first kappa shape index (κ1) is 13.4. The minimum absolute atomic E-state index is 0.176. The van der Waals surface area contributed by atoms with Crippen LogP contribution in [-0.2, 0) is 0 Å². The van der Waals surface area contributed by atoms with E-state index in [1.165, 1.54) is 0 Å². The summed E-state index contributed by atoms with van der Waals surface area (Å²) in [6, 6.07) is 10.5. The number of hydrogen-bond donors (Lipinski definition) is 2. The quantitative estimate of drug-likeness (QED) is 0.899. The number of amides is 2. The lowest BCUT2D eigenvalue weighted by Crippen LogP contribution is -2.31. The number of pyridine rings is 1. The Hall–Kier alpha value is -2.07. The van der Waals surface area contributed by atoms with Gasteiger partial charge in [0, 0.05) is 11.2 Å². The van der Waals surface area contributed by atoms with E-state index in [0.29, 0.717) is 10.7 Å². The Morgan fingerprint density at radius 2 is 2.05 bits per heavy atom. The minimum atomic E-state index is -0.291. The van der Waals surface area contributed by atoms with Gasteiger partial charge in [-0.05, 0) is 30.7 Å². The number of carbonyl (C=O) groups is 1. The number of carbonyl (C=O) groups excluding carboxylic acids is 1. The molecule has 1 aromatic carbocycles. The largest absolute Gasteiger partial charge is 0.331 e. The maximum absolute atomic E-state index is 11.8. The molecule has 0 saturated carbocycles. The van der Waals surface area contributed by atoms with Crippen LogP contribution >= 0.6 is 11.6 Å². The molecular formula is C14H14ClN3O. The maximum atomic E-state index is 11.8. The van der Waals surface area contributed by atoms with Crippen molar-refractivity contribution >= 4 is 23.3 Å². The van der Waals surface area contributed by atoms with Crippen molar-refractivity contribution in [3.05, 3.63) is 59.4 Å². The molecule has 0 bridgehead atoms. The highest BCUT2D eigenvalue weighted by Gasteiger charge is 2.11. The molecule has 0 radical (unpaired) electrons. The summed E-state index contributed by atoms with van der Waals surface area (Å²) in [4.78, 5) is 15.7. The first-order chi connectivity index (χ1) is 9.16. The molecule has 1 aromatic heterocycles. The fraction of sp³-hybridized carbons (Fsp3) is 0.143. The summed E-state index contributed by atoms with van der Waals surface area (Å²) in [6.07, 6.45) is 3.23. The molecule has 0 fully saturated rings. The third-order valence-electron chi connectivity index (χ3n) is 2.64. The number of nitrogens with one attached hydrogen (secondary N) is 2. The zero-order valence-corrected chi connectivity index (χ0v) is 11.2. The number of anilines is 1. The molecule has 1 heterocycles. The van der Waals surface area contributed by atoms with E-state index in [1.54, 1.807) is 30.6 Å². The van der Waals surface area contributed by atoms with Crippen molar-refractivity contribution < 1.29 is 4.79 Å². The fourth-order valence-electron chi connectivity index (χ4n) is 1.70. The van der Waals surface area contributed by atoms with Crippen molar-refractivity contribution in [2.24, 2.45) is 0 Å². The van der Waals surface area contributed by atoms with E-state index in [4.69, 9.17) is 11.6 Å². The standard InChI is InChI=1S/C14H14ClN3O/c1-10(12-6-2-3-7-13(12)15)17-14(19)18-11-5-4-8-16-9-11/h2-10H,1H3,(H2,17,18,19). The van der Waals surface area contributed by atoms with E-state index in [2.05, 4.69) is 15.6 Å². The molecule has 19 heavy (non-hydrogen) atoms. The van der Waals surface area contributed by atoms with Crippen LogP contribution in [0, 0.1) is 0 Å². The van der Waals surface area contributed by atoms with E-state index in [1.807, 2.05) is 25.1 Å². The highest BCUT2D eigenvalue weighted by Crippen LogP contribution is 2.22. The number of rotatable bonds is 3. The summed E-state index contributed by atoms with van der Waals surface area (Å²) in [6.45, 7) is 1.88. The van der Waals surface area contributed by atoms with Crippen LogP contribution in [0.5, 0.6) is 0 Å². The maximum Gasteiger partial charge on any atom is 0.319 e. The van der Waals surface area contributed by atoms with Gasteiger partial charge in [0.2, 0.25) is 0 Å². The number of halogens is 1. The predicted molar refractivity (Wildman–Crippen MR) is 76.3 cm³/mol. The van der Waals surface area contributed by atoms with Gasteiger partial charge < -0.3 is 10.6 Å². The van der Waals surface area contributed by atoms with Crippen molar-refractivity contribution in [3.8, 4) is 0 Å². The molecule has 0 aliphatic heterocycles. The molecule has 0 aliphatic carbocycles. The van der Waals surface area contributed by atoms with Gasteiger partial charge in [0.05, 0.1) is 17.9 Å². The van der Waals surface area contributed by atoms with Gasteiger partial charge in [-0.3, -0.25) is 4.98 Å². The van der Waals surface area contributed by atoms with E-state index in [0.717, 1.165) is 5.56 Å². The molecule has 0 saturated heterocycles. The van der Waals surface area contributed by atoms with Crippen molar-refractivity contribution in [2.75, 3.05) is 5.32 Å². The van der Waals surface area contributed by atoms with Crippen molar-refractivity contribution in [1.29, 1.82) is 0 Å². The fourth-order valence-corrected chi connectivity index (χ4v) is 2.00. The summed E-state index contributed by atoms with van der Waals surface area (Å²) < 4.78 is 0. The van der Waals surface area contributed by atoms with Crippen LogP contribution in [-0.4, -0.2) is 11.0 Å². The first-order valence-corrected chi connectivity index (χ1v) is 6.26. The lowest BCUT2D eigenvalue weighted by atomic mass is 10.1. The van der Waals surface area contributed by atoms with E-state index in [9.17, 15) is 4.79 Å². The zero-order valence-electron chi connectivity index (χ0n) is 10.4. The van der Waals surface area contributed by atoms with Gasteiger partial charge in [-0.15, -0.1) is 0 Å². The Kier molecular flexibility index (Phi) is 4.36. The number of nitrogens with zero attached hydrogens (tertiary/aromatic N) is 1. The van der Waals surface area contributed by atoms with E-state index >= 15 is 0 Å². The van der Waals surface area contributed by atoms with Gasteiger partial charge >= 0.3 is 6.03 Å². The highest BCUT2D eigenvalue weighted by atomic mass is 35.5. The summed E-state index contributed by atoms with van der Waals surface area (Å²) in [7, 11) is 0. The molecule has 2 amide bonds. The topological polar surface area (TPSA) is 54.0 Å². The van der Waals surface area contributed by atoms with Crippen molar-refractivity contribution in [3.63, 3.8) is 0 Å². The lowest BCUT2D eigenvalue weighted by molar-refractivity contribution is 0.249. The number of urea groups is 1. The zero-order chi connectivity index (χ0) is 13.7. The molecule has 1 unspecified atom stereocenters. The van der Waals surface area contributed by atoms with Crippen LogP contribution < -0.4 is 10.6 Å². The normalized spacial score (nSPS) is 11.7. The molecule has 2 N–H and O–H groups in total. The predicted octanol–water partition coefficient (Wildman–Crippen LogP) is 3.62. The Balaban J connectivity index is 1.98. The second kappa shape index (κ2) is 6.20. The lowest BCUT2D eigenvalue weighted by Gasteiger charge is -2.16. The molecule has 0 aliphatic rings. The van der Waals surface area contributed by atoms with E-state index in [-0.39, 0.29) is 12.1 Å². The van der Waals surface area contributed by atoms with Crippen LogP contribution in [0.3, 0.4) is 0 Å². The van der Waals surface area contributed by atoms with Crippen LogP contribution in [0.4, 0.5) is 10.5 Å². The summed E-state index contributed by atoms with van der Waals surface area (Å²) in [5.41, 5.74) is 1.52. The number of aromatic nitrogens is 1. The Labute approximate surface area is 116 Å². The molecular weight excluding hydrogens is 262 g/mol. The third-order valence-corrected chi connectivity index (χ3v) is 2.98. The van der Waals surface area contributed by atoms with Gasteiger partial charge in [0.15, 0.2) is 0 Å². The monoisotopic (exact) mass is 275 g/mol. The van der Waals surface area contributed by atoms with Crippen LogP contribution in [0.25, 0.3) is 0 Å². The highest BCUT2D eigenvalue weighted by molar-refractivity contribution is 6.31. The molecule has 0 spiro atoms. The van der Waals surface area contributed by atoms with E-state index < -0.39 is 0 Å². The minimum Gasteiger partial charge on any atom is -0.331 e. The number of benzene rings is 1. The molecule has 2 aromatic rings. The smallest absolute Gasteiger partial charge is 0.319 e. The Morgan fingerprint density at radius 1 is 1.26 bits per heavy atom. The molecule has 4 nitrogen and oxygen atoms in total. The van der Waals surface area contributed by atoms with Gasteiger partial charge in [-0.2, -0.15) is 0 Å². The summed E-state index contributed by atoms with van der Waals surface area (Å²) in [5, 5.41) is 6.17. The first-order valence-electron chi connectivity index (χ1n) is 5.89. The average molecular weight is 276 g/mol. The van der Waals surface area contributed by atoms with Crippen LogP contribution in [0.1, 0.15) is 18.5 Å². The summed E-state index contributed by atoms with van der Waals surface area (Å²) in [5.74, 6) is 0. The molecule has 1 atom stereocenters. The third kappa shape index (κ3) is 3.69. The molecule has 98 valence electrons. The second-order valence-corrected chi connectivity index (χ2v) is 4.49. The van der Waals surface area contributed by atoms with Gasteiger partial charge in [-0.25, -0.2) is 4.79 Å². The Bertz CT molecular complexity index is 560. The number of hydrogen-bond acceptors (Lipinski definition) is 2. The van der Waals surface area contributed by atoms with Crippen LogP contribution in [0.2, 0.25) is 5.02 Å². The Morgan fingerprint density at radius 3 is 2.74 bits per heavy atom. The SMILES string of the molecule is CC(NC(=O)Nc1cccnc1)c1ccccc1Cl. The van der Waals surface area contributed by atoms with Crippen LogP contribution in [0.15, 0.2) is 48.8 Å². The van der Waals surface area contributed by atoms with Gasteiger partial charge in [0.25, 0.3) is 0 Å².